The fraction of sp³-hybridized carbons (Fsp3) is 0.625. The van der Waals surface area contributed by atoms with E-state index < -0.39 is 0 Å². The van der Waals surface area contributed by atoms with E-state index in [1.807, 2.05) is 26.0 Å². The fourth-order valence-corrected chi connectivity index (χ4v) is 2.68. The number of nitrogens with zero attached hydrogens (tertiary/aromatic N) is 3. The molecular formula is C16H26ClN5O. The molecule has 0 amide bonds. The van der Waals surface area contributed by atoms with Gasteiger partial charge in [0.25, 0.3) is 0 Å². The molecule has 2 rings (SSSR count). The molecule has 1 unspecified atom stereocenters. The predicted molar refractivity (Wildman–Crippen MR) is 95.5 cm³/mol. The Kier molecular flexibility index (Phi) is 6.07. The lowest BCUT2D eigenvalue weighted by Gasteiger charge is -2.25. The second-order valence-corrected chi connectivity index (χ2v) is 6.68. The summed E-state index contributed by atoms with van der Waals surface area (Å²) in [7, 11) is 3.49. The van der Waals surface area contributed by atoms with Crippen LogP contribution in [0.25, 0.3) is 0 Å². The van der Waals surface area contributed by atoms with E-state index in [0.717, 1.165) is 31.3 Å². The van der Waals surface area contributed by atoms with Gasteiger partial charge in [-0.25, -0.2) is 4.98 Å². The quantitative estimate of drug-likeness (QED) is 0.634. The van der Waals surface area contributed by atoms with Crippen LogP contribution in [-0.2, 0) is 4.74 Å². The number of anilines is 1. The molecule has 7 heteroatoms. The molecule has 0 bridgehead atoms. The molecule has 1 saturated heterocycles. The molecule has 2 heterocycles. The van der Waals surface area contributed by atoms with Crippen LogP contribution in [0.15, 0.2) is 23.3 Å². The number of halogens is 1. The normalized spacial score (nSPS) is 19.1. The molecule has 128 valence electrons. The Labute approximate surface area is 143 Å². The molecule has 0 saturated carbocycles. The van der Waals surface area contributed by atoms with Crippen molar-refractivity contribution >= 4 is 23.4 Å². The van der Waals surface area contributed by atoms with Gasteiger partial charge in [-0.05, 0) is 32.4 Å². The zero-order valence-corrected chi connectivity index (χ0v) is 15.0. The Balaban J connectivity index is 1.88. The summed E-state index contributed by atoms with van der Waals surface area (Å²) in [4.78, 5) is 10.9. The van der Waals surface area contributed by atoms with E-state index in [1.165, 1.54) is 0 Å². The number of rotatable bonds is 5. The lowest BCUT2D eigenvalue weighted by Crippen LogP contribution is -2.49. The van der Waals surface area contributed by atoms with Gasteiger partial charge in [-0.2, -0.15) is 0 Å². The van der Waals surface area contributed by atoms with Crippen LogP contribution in [0.4, 0.5) is 5.82 Å². The third kappa shape index (κ3) is 4.97. The Morgan fingerprint density at radius 1 is 1.57 bits per heavy atom. The van der Waals surface area contributed by atoms with Gasteiger partial charge >= 0.3 is 0 Å². The van der Waals surface area contributed by atoms with E-state index >= 15 is 0 Å². The zero-order chi connectivity index (χ0) is 16.9. The van der Waals surface area contributed by atoms with Crippen LogP contribution in [0.1, 0.15) is 20.3 Å². The summed E-state index contributed by atoms with van der Waals surface area (Å²) in [5.74, 6) is 1.64. The van der Waals surface area contributed by atoms with Crippen molar-refractivity contribution < 1.29 is 4.74 Å². The minimum atomic E-state index is -0.235. The molecule has 1 aliphatic rings. The van der Waals surface area contributed by atoms with Crippen molar-refractivity contribution in [1.82, 2.24) is 15.6 Å². The van der Waals surface area contributed by atoms with E-state index in [-0.39, 0.29) is 5.60 Å². The summed E-state index contributed by atoms with van der Waals surface area (Å²) in [5.41, 5.74) is -0.235. The Morgan fingerprint density at radius 2 is 2.35 bits per heavy atom. The van der Waals surface area contributed by atoms with E-state index in [9.17, 15) is 0 Å². The highest BCUT2D eigenvalue weighted by Crippen LogP contribution is 2.25. The highest BCUT2D eigenvalue weighted by molar-refractivity contribution is 6.32. The molecule has 1 atom stereocenters. The van der Waals surface area contributed by atoms with Crippen molar-refractivity contribution in [3.05, 3.63) is 23.4 Å². The van der Waals surface area contributed by atoms with Crippen molar-refractivity contribution in [2.45, 2.75) is 31.9 Å². The van der Waals surface area contributed by atoms with E-state index in [1.54, 1.807) is 20.4 Å². The number of aliphatic imine (C=N–C) groups is 1. The van der Waals surface area contributed by atoms with Crippen molar-refractivity contribution in [2.24, 2.45) is 4.99 Å². The SMILES string of the molecule is CN=C(NCC(C)(C)OC)NC1CCN(c2ncccc2Cl)C1. The molecule has 23 heavy (non-hydrogen) atoms. The van der Waals surface area contributed by atoms with Crippen LogP contribution in [0.2, 0.25) is 5.02 Å². The highest BCUT2D eigenvalue weighted by Gasteiger charge is 2.26. The van der Waals surface area contributed by atoms with E-state index in [4.69, 9.17) is 16.3 Å². The number of guanidine groups is 1. The maximum Gasteiger partial charge on any atom is 0.191 e. The number of pyridine rings is 1. The van der Waals surface area contributed by atoms with Gasteiger partial charge in [-0.3, -0.25) is 4.99 Å². The monoisotopic (exact) mass is 339 g/mol. The van der Waals surface area contributed by atoms with Gasteiger partial charge in [0.1, 0.15) is 5.82 Å². The van der Waals surface area contributed by atoms with Gasteiger partial charge in [-0.1, -0.05) is 11.6 Å². The van der Waals surface area contributed by atoms with E-state index in [2.05, 4.69) is 25.5 Å². The van der Waals surface area contributed by atoms with Gasteiger partial charge in [0.05, 0.1) is 10.6 Å². The van der Waals surface area contributed by atoms with Gasteiger partial charge in [0.15, 0.2) is 5.96 Å². The van der Waals surface area contributed by atoms with Gasteiger partial charge in [0, 0.05) is 46.0 Å². The first-order chi connectivity index (χ1) is 10.9. The molecule has 1 aromatic rings. The summed E-state index contributed by atoms with van der Waals surface area (Å²) < 4.78 is 5.41. The van der Waals surface area contributed by atoms with Crippen LogP contribution < -0.4 is 15.5 Å². The summed E-state index contributed by atoms with van der Waals surface area (Å²) in [6.07, 6.45) is 2.79. The van der Waals surface area contributed by atoms with Crippen LogP contribution in [0.3, 0.4) is 0 Å². The topological polar surface area (TPSA) is 61.8 Å². The first-order valence-corrected chi connectivity index (χ1v) is 8.21. The van der Waals surface area contributed by atoms with Gasteiger partial charge in [-0.15, -0.1) is 0 Å². The third-order valence-electron chi connectivity index (χ3n) is 4.03. The second kappa shape index (κ2) is 7.84. The van der Waals surface area contributed by atoms with E-state index in [0.29, 0.717) is 17.6 Å². The van der Waals surface area contributed by atoms with Gasteiger partial charge in [0.2, 0.25) is 0 Å². The molecule has 2 N–H and O–H groups in total. The van der Waals surface area contributed by atoms with Crippen LogP contribution in [0.5, 0.6) is 0 Å². The molecule has 0 aliphatic carbocycles. The molecular weight excluding hydrogens is 314 g/mol. The zero-order valence-electron chi connectivity index (χ0n) is 14.3. The number of ether oxygens (including phenoxy) is 1. The Hall–Kier alpha value is -1.53. The maximum absolute atomic E-state index is 6.23. The highest BCUT2D eigenvalue weighted by atomic mass is 35.5. The standard InChI is InChI=1S/C16H26ClN5O/c1-16(2,23-4)11-20-15(18-3)21-12-7-9-22(10-12)14-13(17)6-5-8-19-14/h5-6,8,12H,7,9-11H2,1-4H3,(H2,18,20,21). The Morgan fingerprint density at radius 3 is 3.00 bits per heavy atom. The van der Waals surface area contributed by atoms with Crippen molar-refractivity contribution in [1.29, 1.82) is 0 Å². The van der Waals surface area contributed by atoms with Gasteiger partial charge < -0.3 is 20.3 Å². The minimum Gasteiger partial charge on any atom is -0.377 e. The number of aromatic nitrogens is 1. The lowest BCUT2D eigenvalue weighted by atomic mass is 10.1. The molecule has 0 spiro atoms. The first-order valence-electron chi connectivity index (χ1n) is 7.83. The van der Waals surface area contributed by atoms with Crippen LogP contribution >= 0.6 is 11.6 Å². The summed E-state index contributed by atoms with van der Waals surface area (Å²) >= 11 is 6.23. The second-order valence-electron chi connectivity index (χ2n) is 6.27. The molecule has 1 aromatic heterocycles. The minimum absolute atomic E-state index is 0.235. The average Bonchev–Trinajstić information content (AvgIpc) is 3.00. The predicted octanol–water partition coefficient (Wildman–Crippen LogP) is 1.90. The smallest absolute Gasteiger partial charge is 0.191 e. The fourth-order valence-electron chi connectivity index (χ4n) is 2.44. The average molecular weight is 340 g/mol. The third-order valence-corrected chi connectivity index (χ3v) is 4.32. The van der Waals surface area contributed by atoms with Crippen molar-refractivity contribution in [3.8, 4) is 0 Å². The molecule has 6 nitrogen and oxygen atoms in total. The van der Waals surface area contributed by atoms with Crippen LogP contribution in [0, 0.1) is 0 Å². The maximum atomic E-state index is 6.23. The lowest BCUT2D eigenvalue weighted by molar-refractivity contribution is 0.0268. The number of nitrogens with one attached hydrogen (secondary N) is 2. The van der Waals surface area contributed by atoms with Crippen molar-refractivity contribution in [2.75, 3.05) is 38.7 Å². The summed E-state index contributed by atoms with van der Waals surface area (Å²) in [6.45, 7) is 6.53. The largest absolute Gasteiger partial charge is 0.377 e. The number of methoxy groups -OCH3 is 1. The molecule has 0 radical (unpaired) electrons. The molecule has 0 aromatic carbocycles. The first kappa shape index (κ1) is 17.8. The summed E-state index contributed by atoms with van der Waals surface area (Å²) in [5, 5.41) is 7.45. The van der Waals surface area contributed by atoms with Crippen molar-refractivity contribution in [3.63, 3.8) is 0 Å². The molecule has 1 fully saturated rings. The Bertz CT molecular complexity index is 549. The van der Waals surface area contributed by atoms with Crippen LogP contribution in [-0.4, -0.2) is 56.4 Å². The summed E-state index contributed by atoms with van der Waals surface area (Å²) in [6, 6.07) is 4.03. The number of hydrogen-bond donors (Lipinski definition) is 2. The number of hydrogen-bond acceptors (Lipinski definition) is 4. The molecule has 1 aliphatic heterocycles.